The van der Waals surface area contributed by atoms with Gasteiger partial charge in [0.15, 0.2) is 0 Å². The van der Waals surface area contributed by atoms with Crippen molar-refractivity contribution in [1.29, 1.82) is 0 Å². The van der Waals surface area contributed by atoms with Gasteiger partial charge in [0.25, 0.3) is 0 Å². The summed E-state index contributed by atoms with van der Waals surface area (Å²) in [6, 6.07) is 0. The van der Waals surface area contributed by atoms with Gasteiger partial charge in [-0.05, 0) is 25.7 Å². The Labute approximate surface area is 256 Å². The third-order valence-electron chi connectivity index (χ3n) is 8.63. The lowest BCUT2D eigenvalue weighted by molar-refractivity contribution is -0.121. The molecule has 1 amide bonds. The Morgan fingerprint density at radius 1 is 0.488 bits per heavy atom. The highest BCUT2D eigenvalue weighted by atomic mass is 16.3. The largest absolute Gasteiger partial charge is 0.396 e. The van der Waals surface area contributed by atoms with Gasteiger partial charge in [0.1, 0.15) is 0 Å². The van der Waals surface area contributed by atoms with Crippen LogP contribution in [0, 0.1) is 0 Å². The number of aliphatic hydroxyl groups is 3. The van der Waals surface area contributed by atoms with Crippen molar-refractivity contribution in [3.05, 3.63) is 0 Å². The predicted molar refractivity (Wildman–Crippen MR) is 176 cm³/mol. The van der Waals surface area contributed by atoms with E-state index >= 15 is 0 Å². The number of carbonyl (C=O) groups is 1. The summed E-state index contributed by atoms with van der Waals surface area (Å²) < 4.78 is 0. The quantitative estimate of drug-likeness (QED) is 0.0568. The van der Waals surface area contributed by atoms with Crippen LogP contribution in [0.4, 0.5) is 0 Å². The number of amides is 1. The fourth-order valence-corrected chi connectivity index (χ4v) is 5.74. The fourth-order valence-electron chi connectivity index (χ4n) is 5.74. The van der Waals surface area contributed by atoms with Crippen molar-refractivity contribution in [3.63, 3.8) is 0 Å². The molecule has 0 saturated heterocycles. The fraction of sp³-hybridized carbons (Fsp3) is 0.972. The van der Waals surface area contributed by atoms with Gasteiger partial charge in [-0.3, -0.25) is 4.79 Å². The zero-order valence-corrected chi connectivity index (χ0v) is 27.5. The van der Waals surface area contributed by atoms with Gasteiger partial charge in [0.05, 0.1) is 12.2 Å². The number of hydrogen-bond donors (Lipinski definition) is 4. The van der Waals surface area contributed by atoms with Crippen LogP contribution in [0.3, 0.4) is 0 Å². The number of hydrogen-bond acceptors (Lipinski definition) is 4. The molecule has 2 atom stereocenters. The van der Waals surface area contributed by atoms with Crippen molar-refractivity contribution in [2.45, 2.75) is 212 Å². The monoisotopic (exact) mass is 584 g/mol. The van der Waals surface area contributed by atoms with Gasteiger partial charge in [0.2, 0.25) is 5.91 Å². The summed E-state index contributed by atoms with van der Waals surface area (Å²) in [5.74, 6) is 0.246. The van der Waals surface area contributed by atoms with E-state index < -0.39 is 12.2 Å². The molecule has 4 N–H and O–H groups in total. The number of nitrogens with one attached hydrogen (secondary N) is 1. The standard InChI is InChI=1S/C36H73NO4/c1-2-3-4-5-6-7-8-9-10-11-15-18-21-24-27-30-36(41)37-32-28-25-22-19-16-13-12-14-17-20-23-26-29-34(39)35(40)31-33-38/h34-35,38-40H,2-33H2,1H3,(H,37,41). The maximum absolute atomic E-state index is 12.0. The maximum Gasteiger partial charge on any atom is 0.219 e. The summed E-state index contributed by atoms with van der Waals surface area (Å²) in [6.45, 7) is 3.05. The van der Waals surface area contributed by atoms with Crippen LogP contribution in [-0.2, 0) is 4.79 Å². The van der Waals surface area contributed by atoms with E-state index in [0.717, 1.165) is 32.2 Å². The van der Waals surface area contributed by atoms with Crippen LogP contribution in [0.5, 0.6) is 0 Å². The Kier molecular flexibility index (Phi) is 33.3. The lowest BCUT2D eigenvalue weighted by atomic mass is 10.0. The number of rotatable bonds is 34. The zero-order valence-electron chi connectivity index (χ0n) is 27.5. The molecular weight excluding hydrogens is 510 g/mol. The average Bonchev–Trinajstić information content (AvgIpc) is 2.97. The molecule has 0 bridgehead atoms. The van der Waals surface area contributed by atoms with Gasteiger partial charge in [-0.25, -0.2) is 0 Å². The van der Waals surface area contributed by atoms with Gasteiger partial charge < -0.3 is 20.6 Å². The second-order valence-corrected chi connectivity index (χ2v) is 12.7. The van der Waals surface area contributed by atoms with Crippen molar-refractivity contribution in [3.8, 4) is 0 Å². The molecule has 0 heterocycles. The van der Waals surface area contributed by atoms with Crippen LogP contribution in [0.25, 0.3) is 0 Å². The summed E-state index contributed by atoms with van der Waals surface area (Å²) in [6.07, 6.45) is 35.2. The molecular formula is C36H73NO4. The van der Waals surface area contributed by atoms with Crippen molar-refractivity contribution in [2.24, 2.45) is 0 Å². The Morgan fingerprint density at radius 2 is 0.829 bits per heavy atom. The SMILES string of the molecule is CCCCCCCCCCCCCCCCCC(=O)NCCCCCCCCCCCCCCC(O)C(O)CCO. The van der Waals surface area contributed by atoms with E-state index in [1.807, 2.05) is 0 Å². The van der Waals surface area contributed by atoms with E-state index in [1.54, 1.807) is 0 Å². The minimum absolute atomic E-state index is 0.0733. The van der Waals surface area contributed by atoms with E-state index in [1.165, 1.54) is 148 Å². The maximum atomic E-state index is 12.0. The predicted octanol–water partition coefficient (Wildman–Crippen LogP) is 9.54. The molecule has 0 spiro atoms. The van der Waals surface area contributed by atoms with Gasteiger partial charge in [-0.15, -0.1) is 0 Å². The molecule has 0 saturated carbocycles. The van der Waals surface area contributed by atoms with E-state index in [2.05, 4.69) is 12.2 Å². The normalized spacial score (nSPS) is 13.0. The van der Waals surface area contributed by atoms with Crippen molar-refractivity contribution in [1.82, 2.24) is 5.32 Å². The van der Waals surface area contributed by atoms with Crippen LogP contribution < -0.4 is 5.32 Å². The first-order chi connectivity index (χ1) is 20.1. The number of carbonyl (C=O) groups excluding carboxylic acids is 1. The lowest BCUT2D eigenvalue weighted by Crippen LogP contribution is -2.26. The molecule has 0 aromatic heterocycles. The third kappa shape index (κ3) is 32.1. The first-order valence-electron chi connectivity index (χ1n) is 18.4. The highest BCUT2D eigenvalue weighted by molar-refractivity contribution is 5.75. The van der Waals surface area contributed by atoms with Crippen molar-refractivity contribution in [2.75, 3.05) is 13.2 Å². The highest BCUT2D eigenvalue weighted by Crippen LogP contribution is 2.15. The number of aliphatic hydroxyl groups excluding tert-OH is 3. The lowest BCUT2D eigenvalue weighted by Gasteiger charge is -2.16. The molecule has 2 unspecified atom stereocenters. The second-order valence-electron chi connectivity index (χ2n) is 12.7. The second kappa shape index (κ2) is 33.8. The summed E-state index contributed by atoms with van der Waals surface area (Å²) in [5.41, 5.74) is 0. The van der Waals surface area contributed by atoms with Gasteiger partial charge in [-0.1, -0.05) is 167 Å². The molecule has 246 valence electrons. The molecule has 0 fully saturated rings. The summed E-state index contributed by atoms with van der Waals surface area (Å²) in [7, 11) is 0. The van der Waals surface area contributed by atoms with E-state index in [0.29, 0.717) is 12.8 Å². The molecule has 0 aliphatic rings. The third-order valence-corrected chi connectivity index (χ3v) is 8.63. The first-order valence-corrected chi connectivity index (χ1v) is 18.4. The smallest absolute Gasteiger partial charge is 0.219 e. The molecule has 0 radical (unpaired) electrons. The van der Waals surface area contributed by atoms with Crippen LogP contribution in [0.15, 0.2) is 0 Å². The highest BCUT2D eigenvalue weighted by Gasteiger charge is 2.14. The molecule has 0 aromatic carbocycles. The Balaban J connectivity index is 3.21. The minimum Gasteiger partial charge on any atom is -0.396 e. The zero-order chi connectivity index (χ0) is 30.1. The Morgan fingerprint density at radius 3 is 1.24 bits per heavy atom. The van der Waals surface area contributed by atoms with E-state index in [4.69, 9.17) is 5.11 Å². The van der Waals surface area contributed by atoms with E-state index in [-0.39, 0.29) is 18.9 Å². The van der Waals surface area contributed by atoms with Crippen molar-refractivity contribution >= 4 is 5.91 Å². The van der Waals surface area contributed by atoms with Crippen molar-refractivity contribution < 1.29 is 20.1 Å². The minimum atomic E-state index is -0.785. The van der Waals surface area contributed by atoms with E-state index in [9.17, 15) is 15.0 Å². The van der Waals surface area contributed by atoms with Gasteiger partial charge in [-0.2, -0.15) is 0 Å². The average molecular weight is 584 g/mol. The Hall–Kier alpha value is -0.650. The van der Waals surface area contributed by atoms with Crippen LogP contribution in [0.2, 0.25) is 0 Å². The molecule has 5 heteroatoms. The molecule has 41 heavy (non-hydrogen) atoms. The summed E-state index contributed by atoms with van der Waals surface area (Å²) in [4.78, 5) is 12.0. The van der Waals surface area contributed by atoms with Gasteiger partial charge in [0, 0.05) is 19.6 Å². The topological polar surface area (TPSA) is 89.8 Å². The Bertz CT molecular complexity index is 516. The molecule has 0 aliphatic heterocycles. The first kappa shape index (κ1) is 40.4. The molecule has 0 aromatic rings. The summed E-state index contributed by atoms with van der Waals surface area (Å²) in [5, 5.41) is 31.3. The summed E-state index contributed by atoms with van der Waals surface area (Å²) >= 11 is 0. The molecule has 0 aliphatic carbocycles. The van der Waals surface area contributed by atoms with Crippen LogP contribution >= 0.6 is 0 Å². The van der Waals surface area contributed by atoms with Crippen LogP contribution in [-0.4, -0.2) is 46.6 Å². The number of unbranched alkanes of at least 4 members (excludes halogenated alkanes) is 25. The van der Waals surface area contributed by atoms with Crippen LogP contribution in [0.1, 0.15) is 200 Å². The molecule has 0 rings (SSSR count). The molecule has 5 nitrogen and oxygen atoms in total. The van der Waals surface area contributed by atoms with Gasteiger partial charge >= 0.3 is 0 Å².